The minimum atomic E-state index is -4.49. The molecule has 2 rings (SSSR count). The molecule has 0 aromatic carbocycles. The Morgan fingerprint density at radius 3 is 2.50 bits per heavy atom. The Kier molecular flexibility index (Phi) is 5.00. The molecule has 1 saturated heterocycles. The molecule has 1 N–H and O–H groups in total. The minimum absolute atomic E-state index is 0.102. The Labute approximate surface area is 136 Å². The van der Waals surface area contributed by atoms with E-state index < -0.39 is 30.1 Å². The summed E-state index contributed by atoms with van der Waals surface area (Å²) in [5, 5.41) is 2.59. The van der Waals surface area contributed by atoms with Gasteiger partial charge in [-0.1, -0.05) is 0 Å². The van der Waals surface area contributed by atoms with Crippen LogP contribution in [-0.2, 0) is 11.8 Å². The first-order chi connectivity index (χ1) is 11.1. The standard InChI is InChI=1S/C15H18F3N3O3/c1-9(22)21-8-11(3-4-12(21)15(16,17)18)19-14(24)10-5-6-20(2)13(23)7-10/h5-7,11-12H,3-4,8H2,1-2H3,(H,19,24)/t11-,12-/m1/s1. The number of carbonyl (C=O) groups is 2. The Morgan fingerprint density at radius 1 is 1.29 bits per heavy atom. The molecule has 0 bridgehead atoms. The van der Waals surface area contributed by atoms with E-state index in [9.17, 15) is 27.6 Å². The predicted octanol–water partition coefficient (Wildman–Crippen LogP) is 1.06. The van der Waals surface area contributed by atoms with Crippen LogP contribution in [0.5, 0.6) is 0 Å². The van der Waals surface area contributed by atoms with Crippen LogP contribution in [0.25, 0.3) is 0 Å². The number of amides is 2. The van der Waals surface area contributed by atoms with Crippen molar-refractivity contribution in [3.05, 3.63) is 34.2 Å². The van der Waals surface area contributed by atoms with Crippen LogP contribution in [0.15, 0.2) is 23.1 Å². The van der Waals surface area contributed by atoms with E-state index >= 15 is 0 Å². The number of alkyl halides is 3. The highest BCUT2D eigenvalue weighted by molar-refractivity contribution is 5.94. The van der Waals surface area contributed by atoms with E-state index in [-0.39, 0.29) is 30.5 Å². The number of hydrogen-bond acceptors (Lipinski definition) is 3. The van der Waals surface area contributed by atoms with Gasteiger partial charge in [0.05, 0.1) is 0 Å². The number of rotatable bonds is 2. The highest BCUT2D eigenvalue weighted by atomic mass is 19.4. The third kappa shape index (κ3) is 3.95. The lowest BCUT2D eigenvalue weighted by atomic mass is 9.97. The molecule has 6 nitrogen and oxygen atoms in total. The van der Waals surface area contributed by atoms with Gasteiger partial charge in [-0.15, -0.1) is 0 Å². The fourth-order valence-corrected chi connectivity index (χ4v) is 2.74. The molecule has 1 aliphatic rings. The molecule has 1 aromatic rings. The zero-order valence-corrected chi connectivity index (χ0v) is 13.3. The molecular weight excluding hydrogens is 327 g/mol. The highest BCUT2D eigenvalue weighted by Gasteiger charge is 2.47. The maximum atomic E-state index is 13.0. The first kappa shape index (κ1) is 18.0. The van der Waals surface area contributed by atoms with Gasteiger partial charge in [-0.2, -0.15) is 13.2 Å². The van der Waals surface area contributed by atoms with Crippen molar-refractivity contribution in [2.75, 3.05) is 6.54 Å². The number of nitrogens with one attached hydrogen (secondary N) is 1. The van der Waals surface area contributed by atoms with Crippen LogP contribution in [0.4, 0.5) is 13.2 Å². The Hall–Kier alpha value is -2.32. The van der Waals surface area contributed by atoms with Crippen LogP contribution < -0.4 is 10.9 Å². The normalized spacial score (nSPS) is 21.5. The molecule has 9 heteroatoms. The summed E-state index contributed by atoms with van der Waals surface area (Å²) in [6, 6.07) is 0.177. The number of pyridine rings is 1. The van der Waals surface area contributed by atoms with Gasteiger partial charge in [0.1, 0.15) is 6.04 Å². The van der Waals surface area contributed by atoms with Gasteiger partial charge in [0.25, 0.3) is 11.5 Å². The Morgan fingerprint density at radius 2 is 1.96 bits per heavy atom. The van der Waals surface area contributed by atoms with Crippen LogP contribution in [-0.4, -0.2) is 46.1 Å². The Balaban J connectivity index is 2.08. The topological polar surface area (TPSA) is 71.4 Å². The van der Waals surface area contributed by atoms with Crippen molar-refractivity contribution in [2.24, 2.45) is 7.05 Å². The van der Waals surface area contributed by atoms with Crippen LogP contribution in [0.3, 0.4) is 0 Å². The highest BCUT2D eigenvalue weighted by Crippen LogP contribution is 2.32. The molecule has 0 spiro atoms. The molecule has 0 saturated carbocycles. The summed E-state index contributed by atoms with van der Waals surface area (Å²) < 4.78 is 40.2. The molecule has 2 atom stereocenters. The van der Waals surface area contributed by atoms with Gasteiger partial charge < -0.3 is 14.8 Å². The number of piperidine rings is 1. The third-order valence-electron chi connectivity index (χ3n) is 4.07. The van der Waals surface area contributed by atoms with E-state index in [2.05, 4.69) is 5.32 Å². The maximum Gasteiger partial charge on any atom is 0.408 e. The number of nitrogens with zero attached hydrogens (tertiary/aromatic N) is 2. The molecule has 0 unspecified atom stereocenters. The summed E-state index contributed by atoms with van der Waals surface area (Å²) in [6.07, 6.45) is -3.24. The van der Waals surface area contributed by atoms with Crippen LogP contribution >= 0.6 is 0 Å². The first-order valence-corrected chi connectivity index (χ1v) is 7.41. The largest absolute Gasteiger partial charge is 0.408 e. The maximum absolute atomic E-state index is 13.0. The molecule has 2 amide bonds. The van der Waals surface area contributed by atoms with Crippen molar-refractivity contribution in [3.8, 4) is 0 Å². The second-order valence-corrected chi connectivity index (χ2v) is 5.84. The summed E-state index contributed by atoms with van der Waals surface area (Å²) in [7, 11) is 1.53. The van der Waals surface area contributed by atoms with E-state index in [4.69, 9.17) is 0 Å². The number of likely N-dealkylation sites (tertiary alicyclic amines) is 1. The molecule has 132 valence electrons. The summed E-state index contributed by atoms with van der Waals surface area (Å²) in [4.78, 5) is 35.9. The lowest BCUT2D eigenvalue weighted by Crippen LogP contribution is -2.57. The summed E-state index contributed by atoms with van der Waals surface area (Å²) in [5.74, 6) is -1.24. The van der Waals surface area contributed by atoms with Crippen molar-refractivity contribution in [3.63, 3.8) is 0 Å². The van der Waals surface area contributed by atoms with Crippen LogP contribution in [0.1, 0.15) is 30.1 Å². The van der Waals surface area contributed by atoms with Gasteiger partial charge in [0.15, 0.2) is 0 Å². The van der Waals surface area contributed by atoms with Crippen molar-refractivity contribution in [1.82, 2.24) is 14.8 Å². The lowest BCUT2D eigenvalue weighted by Gasteiger charge is -2.40. The number of aryl methyl sites for hydroxylation is 1. The smallest absolute Gasteiger partial charge is 0.348 e. The fraction of sp³-hybridized carbons (Fsp3) is 0.533. The number of hydrogen-bond donors (Lipinski definition) is 1. The van der Waals surface area contributed by atoms with Gasteiger partial charge >= 0.3 is 6.18 Å². The summed E-state index contributed by atoms with van der Waals surface area (Å²) >= 11 is 0. The molecule has 0 radical (unpaired) electrons. The van der Waals surface area contributed by atoms with E-state index in [1.165, 1.54) is 23.9 Å². The average Bonchev–Trinajstić information content (AvgIpc) is 2.48. The van der Waals surface area contributed by atoms with Gasteiger partial charge in [-0.25, -0.2) is 0 Å². The van der Waals surface area contributed by atoms with Gasteiger partial charge in [-0.05, 0) is 18.9 Å². The first-order valence-electron chi connectivity index (χ1n) is 7.41. The molecule has 1 aliphatic heterocycles. The number of halogens is 3. The molecule has 2 heterocycles. The van der Waals surface area contributed by atoms with E-state index in [1.54, 1.807) is 0 Å². The average molecular weight is 345 g/mol. The molecule has 24 heavy (non-hydrogen) atoms. The molecule has 1 aromatic heterocycles. The number of carbonyl (C=O) groups excluding carboxylic acids is 2. The van der Waals surface area contributed by atoms with Crippen molar-refractivity contribution < 1.29 is 22.8 Å². The zero-order valence-electron chi connectivity index (χ0n) is 13.3. The second-order valence-electron chi connectivity index (χ2n) is 5.84. The van der Waals surface area contributed by atoms with Gasteiger partial charge in [0, 0.05) is 44.4 Å². The van der Waals surface area contributed by atoms with E-state index in [0.29, 0.717) is 0 Å². The molecular formula is C15H18F3N3O3. The second kappa shape index (κ2) is 6.66. The molecule has 1 fully saturated rings. The minimum Gasteiger partial charge on any atom is -0.348 e. The molecule has 0 aliphatic carbocycles. The van der Waals surface area contributed by atoms with Crippen molar-refractivity contribution in [2.45, 2.75) is 38.0 Å². The van der Waals surface area contributed by atoms with Crippen LogP contribution in [0.2, 0.25) is 0 Å². The van der Waals surface area contributed by atoms with E-state index in [0.717, 1.165) is 17.9 Å². The summed E-state index contributed by atoms with van der Waals surface area (Å²) in [5.41, 5.74) is -0.237. The predicted molar refractivity (Wildman–Crippen MR) is 79.4 cm³/mol. The fourth-order valence-electron chi connectivity index (χ4n) is 2.74. The number of aromatic nitrogens is 1. The van der Waals surface area contributed by atoms with Crippen LogP contribution in [0, 0.1) is 0 Å². The van der Waals surface area contributed by atoms with E-state index in [1.807, 2.05) is 0 Å². The quantitative estimate of drug-likeness (QED) is 0.871. The summed E-state index contributed by atoms with van der Waals surface area (Å²) in [6.45, 7) is 0.861. The zero-order chi connectivity index (χ0) is 18.1. The lowest BCUT2D eigenvalue weighted by molar-refractivity contribution is -0.196. The Bertz CT molecular complexity index is 699. The SMILES string of the molecule is CC(=O)N1C[C@H](NC(=O)c2ccn(C)c(=O)c2)CC[C@@H]1C(F)(F)F. The van der Waals surface area contributed by atoms with Crippen molar-refractivity contribution >= 4 is 11.8 Å². The third-order valence-corrected chi connectivity index (χ3v) is 4.07. The monoisotopic (exact) mass is 345 g/mol. The van der Waals surface area contributed by atoms with Gasteiger partial charge in [0.2, 0.25) is 5.91 Å². The van der Waals surface area contributed by atoms with Crippen molar-refractivity contribution in [1.29, 1.82) is 0 Å². The van der Waals surface area contributed by atoms with Gasteiger partial charge in [-0.3, -0.25) is 14.4 Å².